The van der Waals surface area contributed by atoms with Gasteiger partial charge in [-0.1, -0.05) is 0 Å². The molecule has 10 heteroatoms. The monoisotopic (exact) mass is 481 g/mol. The smallest absolute Gasteiger partial charge is 0.413 e. The standard InChI is InChI=1S/C24H36FN3O6/c1-15-12-27(21(30)34-24(6,7)8)13-16(2)28(15)22(31)32-14-17-11-18(9-10-19(17)25)33-20(29)26-23(3,4)5/h9-11,15-16H,12-14H2,1-8H3,(H,26,29)/t15-,16+. The third-order valence-electron chi connectivity index (χ3n) is 4.84. The molecule has 9 nitrogen and oxygen atoms in total. The summed E-state index contributed by atoms with van der Waals surface area (Å²) in [5.74, 6) is -0.464. The highest BCUT2D eigenvalue weighted by molar-refractivity contribution is 5.72. The minimum atomic E-state index is -0.674. The number of nitrogens with one attached hydrogen (secondary N) is 1. The highest BCUT2D eigenvalue weighted by Crippen LogP contribution is 2.22. The van der Waals surface area contributed by atoms with Gasteiger partial charge >= 0.3 is 18.3 Å². The summed E-state index contributed by atoms with van der Waals surface area (Å²) in [4.78, 5) is 40.2. The minimum Gasteiger partial charge on any atom is -0.444 e. The van der Waals surface area contributed by atoms with Crippen molar-refractivity contribution in [2.24, 2.45) is 0 Å². The second-order valence-corrected chi connectivity index (χ2v) is 10.6. The lowest BCUT2D eigenvalue weighted by molar-refractivity contribution is -0.00983. The Bertz CT molecular complexity index is 897. The number of hydrogen-bond donors (Lipinski definition) is 1. The van der Waals surface area contributed by atoms with Crippen LogP contribution in [0.5, 0.6) is 5.75 Å². The van der Waals surface area contributed by atoms with E-state index in [4.69, 9.17) is 14.2 Å². The Balaban J connectivity index is 1.99. The van der Waals surface area contributed by atoms with Crippen molar-refractivity contribution >= 4 is 18.3 Å². The SMILES string of the molecule is C[C@@H]1CN(C(=O)OC(C)(C)C)C[C@H](C)N1C(=O)OCc1cc(OC(=O)NC(C)(C)C)ccc1F. The molecule has 0 unspecified atom stereocenters. The number of benzene rings is 1. The van der Waals surface area contributed by atoms with Crippen molar-refractivity contribution in [2.45, 2.75) is 85.2 Å². The molecule has 2 atom stereocenters. The van der Waals surface area contributed by atoms with E-state index in [0.29, 0.717) is 0 Å². The molecule has 1 aliphatic rings. The van der Waals surface area contributed by atoms with Crippen LogP contribution in [0.25, 0.3) is 0 Å². The fourth-order valence-electron chi connectivity index (χ4n) is 3.54. The van der Waals surface area contributed by atoms with Crippen LogP contribution in [0.3, 0.4) is 0 Å². The molecular weight excluding hydrogens is 445 g/mol. The molecule has 190 valence electrons. The van der Waals surface area contributed by atoms with E-state index >= 15 is 0 Å². The van der Waals surface area contributed by atoms with Crippen molar-refractivity contribution in [3.8, 4) is 5.75 Å². The Morgan fingerprint density at radius 2 is 1.62 bits per heavy atom. The second kappa shape index (κ2) is 10.5. The number of rotatable bonds is 3. The van der Waals surface area contributed by atoms with E-state index in [-0.39, 0.29) is 43.1 Å². The molecule has 0 bridgehead atoms. The maximum atomic E-state index is 14.3. The molecule has 1 heterocycles. The van der Waals surface area contributed by atoms with Gasteiger partial charge in [0.25, 0.3) is 0 Å². The van der Waals surface area contributed by atoms with E-state index in [2.05, 4.69) is 5.32 Å². The highest BCUT2D eigenvalue weighted by Gasteiger charge is 2.37. The number of piperazine rings is 1. The molecule has 1 aliphatic heterocycles. The Hall–Kier alpha value is -3.04. The lowest BCUT2D eigenvalue weighted by Gasteiger charge is -2.43. The van der Waals surface area contributed by atoms with Crippen molar-refractivity contribution in [1.82, 2.24) is 15.1 Å². The average Bonchev–Trinajstić information content (AvgIpc) is 2.65. The molecular formula is C24H36FN3O6. The fourth-order valence-corrected chi connectivity index (χ4v) is 3.54. The molecule has 0 saturated carbocycles. The van der Waals surface area contributed by atoms with Crippen molar-refractivity contribution in [3.63, 3.8) is 0 Å². The van der Waals surface area contributed by atoms with Crippen LogP contribution < -0.4 is 10.1 Å². The maximum Gasteiger partial charge on any atom is 0.413 e. The van der Waals surface area contributed by atoms with Crippen molar-refractivity contribution in [2.75, 3.05) is 13.1 Å². The normalized spacial score (nSPS) is 18.9. The van der Waals surface area contributed by atoms with Gasteiger partial charge in [-0.05, 0) is 73.6 Å². The Labute approximate surface area is 200 Å². The molecule has 0 aliphatic carbocycles. The van der Waals surface area contributed by atoms with E-state index in [1.54, 1.807) is 60.3 Å². The van der Waals surface area contributed by atoms with Crippen molar-refractivity contribution in [3.05, 3.63) is 29.6 Å². The van der Waals surface area contributed by atoms with E-state index < -0.39 is 35.2 Å². The molecule has 1 N–H and O–H groups in total. The number of ether oxygens (including phenoxy) is 3. The third kappa shape index (κ3) is 8.07. The summed E-state index contributed by atoms with van der Waals surface area (Å²) < 4.78 is 30.3. The molecule has 1 saturated heterocycles. The maximum absolute atomic E-state index is 14.3. The number of halogens is 1. The molecule has 1 aromatic rings. The van der Waals surface area contributed by atoms with Gasteiger partial charge in [0.15, 0.2) is 0 Å². The van der Waals surface area contributed by atoms with Crippen LogP contribution in [0.2, 0.25) is 0 Å². The Morgan fingerprint density at radius 3 is 2.15 bits per heavy atom. The van der Waals surface area contributed by atoms with Gasteiger partial charge in [-0.25, -0.2) is 18.8 Å². The van der Waals surface area contributed by atoms with Crippen LogP contribution in [0, 0.1) is 5.82 Å². The number of carbonyl (C=O) groups is 3. The Morgan fingerprint density at radius 1 is 1.03 bits per heavy atom. The summed E-state index contributed by atoms with van der Waals surface area (Å²) in [5, 5.41) is 2.64. The summed E-state index contributed by atoms with van der Waals surface area (Å²) in [6, 6.07) is 3.13. The van der Waals surface area contributed by atoms with Gasteiger partial charge < -0.3 is 24.4 Å². The highest BCUT2D eigenvalue weighted by atomic mass is 19.1. The zero-order valence-corrected chi connectivity index (χ0v) is 21.2. The van der Waals surface area contributed by atoms with Crippen LogP contribution in [0.4, 0.5) is 18.8 Å². The van der Waals surface area contributed by atoms with Crippen molar-refractivity contribution < 1.29 is 33.0 Å². The summed E-state index contributed by atoms with van der Waals surface area (Å²) >= 11 is 0. The van der Waals surface area contributed by atoms with E-state index in [9.17, 15) is 18.8 Å². The number of amides is 3. The molecule has 0 spiro atoms. The lowest BCUT2D eigenvalue weighted by atomic mass is 10.1. The molecule has 34 heavy (non-hydrogen) atoms. The predicted octanol–water partition coefficient (Wildman–Crippen LogP) is 4.68. The first kappa shape index (κ1) is 27.2. The van der Waals surface area contributed by atoms with Crippen molar-refractivity contribution in [1.29, 1.82) is 0 Å². The summed E-state index contributed by atoms with van der Waals surface area (Å²) in [5.41, 5.74) is -1.03. The predicted molar refractivity (Wildman–Crippen MR) is 124 cm³/mol. The third-order valence-corrected chi connectivity index (χ3v) is 4.84. The van der Waals surface area contributed by atoms with Crippen LogP contribution in [0.1, 0.15) is 61.0 Å². The first-order valence-electron chi connectivity index (χ1n) is 11.3. The van der Waals surface area contributed by atoms with Gasteiger partial charge in [0.05, 0.1) is 12.1 Å². The van der Waals surface area contributed by atoms with Gasteiger partial charge in [0.2, 0.25) is 0 Å². The molecule has 1 fully saturated rings. The van der Waals surface area contributed by atoms with Gasteiger partial charge in [0.1, 0.15) is 23.8 Å². The van der Waals surface area contributed by atoms with Gasteiger partial charge in [0, 0.05) is 24.2 Å². The molecule has 0 radical (unpaired) electrons. The quantitative estimate of drug-likeness (QED) is 0.673. The molecule has 3 amide bonds. The molecule has 2 rings (SSSR count). The summed E-state index contributed by atoms with van der Waals surface area (Å²) in [6.45, 7) is 14.6. The zero-order chi connectivity index (χ0) is 25.8. The van der Waals surface area contributed by atoms with Crippen LogP contribution >= 0.6 is 0 Å². The first-order chi connectivity index (χ1) is 15.6. The van der Waals surface area contributed by atoms with E-state index in [0.717, 1.165) is 6.07 Å². The molecule has 1 aromatic carbocycles. The Kier molecular flexibility index (Phi) is 8.39. The summed E-state index contributed by atoms with van der Waals surface area (Å²) in [7, 11) is 0. The van der Waals surface area contributed by atoms with Crippen LogP contribution in [-0.4, -0.2) is 64.4 Å². The van der Waals surface area contributed by atoms with Gasteiger partial charge in [-0.15, -0.1) is 0 Å². The largest absolute Gasteiger partial charge is 0.444 e. The van der Waals surface area contributed by atoms with Crippen LogP contribution in [0.15, 0.2) is 18.2 Å². The summed E-state index contributed by atoms with van der Waals surface area (Å²) in [6.07, 6.45) is -1.74. The first-order valence-corrected chi connectivity index (χ1v) is 11.3. The average molecular weight is 482 g/mol. The van der Waals surface area contributed by atoms with E-state index in [1.165, 1.54) is 17.0 Å². The lowest BCUT2D eigenvalue weighted by Crippen LogP contribution is -2.60. The number of hydrogen-bond acceptors (Lipinski definition) is 6. The van der Waals surface area contributed by atoms with Gasteiger partial charge in [-0.2, -0.15) is 0 Å². The van der Waals surface area contributed by atoms with Crippen LogP contribution in [-0.2, 0) is 16.1 Å². The minimum absolute atomic E-state index is 0.0714. The topological polar surface area (TPSA) is 97.4 Å². The number of nitrogens with zero attached hydrogens (tertiary/aromatic N) is 2. The fraction of sp³-hybridized carbons (Fsp3) is 0.625. The zero-order valence-electron chi connectivity index (χ0n) is 21.2. The number of carbonyl (C=O) groups excluding carboxylic acids is 3. The second-order valence-electron chi connectivity index (χ2n) is 10.6. The molecule has 0 aromatic heterocycles. The van der Waals surface area contributed by atoms with E-state index in [1.807, 2.05) is 0 Å². The van der Waals surface area contributed by atoms with Gasteiger partial charge in [-0.3, -0.25) is 4.90 Å².